The van der Waals surface area contributed by atoms with E-state index in [1.165, 1.54) is 6.92 Å². The van der Waals surface area contributed by atoms with Crippen molar-refractivity contribution in [2.45, 2.75) is 24.4 Å². The van der Waals surface area contributed by atoms with Gasteiger partial charge in [-0.1, -0.05) is 18.2 Å². The average molecular weight is 283 g/mol. The summed E-state index contributed by atoms with van der Waals surface area (Å²) in [4.78, 5) is 19.6. The zero-order chi connectivity index (χ0) is 14.1. The summed E-state index contributed by atoms with van der Waals surface area (Å²) in [5.74, 6) is -3.36. The van der Waals surface area contributed by atoms with Crippen LogP contribution in [0, 0.1) is 5.92 Å². The maximum Gasteiger partial charge on any atom is 0.411 e. The first kappa shape index (κ1) is 14.8. The molecule has 1 aliphatic rings. The van der Waals surface area contributed by atoms with Crippen LogP contribution in [-0.4, -0.2) is 27.9 Å². The zero-order valence-electron chi connectivity index (χ0n) is 9.29. The number of carbonyl (C=O) groups is 2. The lowest BCUT2D eigenvalue weighted by molar-refractivity contribution is -0.150. The van der Waals surface area contributed by atoms with Crippen LogP contribution in [0.15, 0.2) is 23.8 Å². The van der Waals surface area contributed by atoms with Crippen molar-refractivity contribution in [3.8, 4) is 0 Å². The van der Waals surface area contributed by atoms with E-state index in [-0.39, 0.29) is 5.57 Å². The first-order valence-electron chi connectivity index (χ1n) is 5.00. The number of hydrogen-bond donors (Lipinski definition) is 1. The van der Waals surface area contributed by atoms with Crippen LogP contribution in [0.1, 0.15) is 13.3 Å². The Balaban J connectivity index is 2.87. The Kier molecular flexibility index (Phi) is 3.90. The molecule has 1 N–H and O–H groups in total. The largest absolute Gasteiger partial charge is 0.481 e. The standard InChI is InChI=1S/C11H10ClF3O3/c1-6(9(17)18)8(16)7-2-4-10(12,5-3-7)11(13,14)15/h2-4,6H,5H2,1H3,(H,17,18). The summed E-state index contributed by atoms with van der Waals surface area (Å²) in [6.45, 7) is 1.17. The lowest BCUT2D eigenvalue weighted by Gasteiger charge is -2.27. The Morgan fingerprint density at radius 2 is 2.06 bits per heavy atom. The van der Waals surface area contributed by atoms with Gasteiger partial charge in [-0.3, -0.25) is 9.59 Å². The van der Waals surface area contributed by atoms with Gasteiger partial charge >= 0.3 is 12.1 Å². The minimum atomic E-state index is -4.63. The lowest BCUT2D eigenvalue weighted by Crippen LogP contribution is -2.39. The zero-order valence-corrected chi connectivity index (χ0v) is 10.0. The second-order valence-electron chi connectivity index (χ2n) is 3.98. The van der Waals surface area contributed by atoms with E-state index < -0.39 is 35.1 Å². The third kappa shape index (κ3) is 2.75. The third-order valence-corrected chi connectivity index (χ3v) is 3.16. The quantitative estimate of drug-likeness (QED) is 0.639. The van der Waals surface area contributed by atoms with Gasteiger partial charge in [-0.25, -0.2) is 0 Å². The van der Waals surface area contributed by atoms with Crippen LogP contribution >= 0.6 is 11.6 Å². The Morgan fingerprint density at radius 3 is 2.39 bits per heavy atom. The molecule has 2 atom stereocenters. The third-order valence-electron chi connectivity index (χ3n) is 2.67. The van der Waals surface area contributed by atoms with E-state index >= 15 is 0 Å². The number of ketones is 1. The van der Waals surface area contributed by atoms with Gasteiger partial charge in [-0.2, -0.15) is 13.2 Å². The van der Waals surface area contributed by atoms with Gasteiger partial charge < -0.3 is 5.11 Å². The fourth-order valence-electron chi connectivity index (χ4n) is 1.37. The molecule has 0 heterocycles. The van der Waals surface area contributed by atoms with Gasteiger partial charge in [-0.05, 0) is 13.3 Å². The van der Waals surface area contributed by atoms with Crippen LogP contribution in [0.2, 0.25) is 0 Å². The molecule has 0 saturated heterocycles. The van der Waals surface area contributed by atoms with Gasteiger partial charge in [0.05, 0.1) is 0 Å². The SMILES string of the molecule is CC(C(=O)O)C(=O)C1=CCC(Cl)(C(F)(F)F)C=C1. The smallest absolute Gasteiger partial charge is 0.411 e. The predicted octanol–water partition coefficient (Wildman–Crippen LogP) is 2.70. The summed E-state index contributed by atoms with van der Waals surface area (Å²) in [5, 5.41) is 8.64. The van der Waals surface area contributed by atoms with Crippen LogP contribution in [0.3, 0.4) is 0 Å². The highest BCUT2D eigenvalue weighted by molar-refractivity contribution is 6.26. The van der Waals surface area contributed by atoms with Crippen LogP contribution in [0.4, 0.5) is 13.2 Å². The van der Waals surface area contributed by atoms with Gasteiger partial charge in [0.1, 0.15) is 5.92 Å². The Labute approximate surface area is 106 Å². The van der Waals surface area contributed by atoms with E-state index in [4.69, 9.17) is 16.7 Å². The monoisotopic (exact) mass is 282 g/mol. The first-order chi connectivity index (χ1) is 8.08. The molecule has 0 saturated carbocycles. The Bertz CT molecular complexity index is 439. The predicted molar refractivity (Wildman–Crippen MR) is 58.3 cm³/mol. The number of aliphatic carboxylic acids is 1. The molecule has 18 heavy (non-hydrogen) atoms. The Morgan fingerprint density at radius 1 is 1.50 bits per heavy atom. The summed E-state index contributed by atoms with van der Waals surface area (Å²) >= 11 is 5.38. The molecule has 0 aromatic carbocycles. The van der Waals surface area contributed by atoms with Crippen molar-refractivity contribution in [3.05, 3.63) is 23.8 Å². The summed E-state index contributed by atoms with van der Waals surface area (Å²) in [7, 11) is 0. The molecule has 0 radical (unpaired) electrons. The molecule has 2 unspecified atom stereocenters. The molecule has 0 amide bonds. The van der Waals surface area contributed by atoms with Crippen molar-refractivity contribution < 1.29 is 27.9 Å². The molecule has 0 aromatic heterocycles. The van der Waals surface area contributed by atoms with E-state index in [2.05, 4.69) is 0 Å². The molecule has 0 fully saturated rings. The maximum absolute atomic E-state index is 12.5. The van der Waals surface area contributed by atoms with Crippen LogP contribution in [0.25, 0.3) is 0 Å². The molecule has 7 heteroatoms. The molecule has 1 rings (SSSR count). The van der Waals surface area contributed by atoms with Gasteiger partial charge in [-0.15, -0.1) is 11.6 Å². The van der Waals surface area contributed by atoms with E-state index in [1.54, 1.807) is 0 Å². The Hall–Kier alpha value is -1.30. The number of carboxylic acid groups (broad SMARTS) is 1. The van der Waals surface area contributed by atoms with E-state index in [0.29, 0.717) is 6.08 Å². The molecule has 1 aliphatic carbocycles. The van der Waals surface area contributed by atoms with E-state index in [9.17, 15) is 22.8 Å². The number of Topliss-reactive ketones (excluding diaryl/α,β-unsaturated/α-hetero) is 1. The molecular formula is C11H10ClF3O3. The van der Waals surface area contributed by atoms with Crippen molar-refractivity contribution in [2.75, 3.05) is 0 Å². The average Bonchev–Trinajstić information content (AvgIpc) is 2.26. The molecule has 0 aromatic rings. The van der Waals surface area contributed by atoms with E-state index in [0.717, 1.165) is 12.2 Å². The molecule has 100 valence electrons. The van der Waals surface area contributed by atoms with Crippen molar-refractivity contribution in [1.29, 1.82) is 0 Å². The molecule has 3 nitrogen and oxygen atoms in total. The summed E-state index contributed by atoms with van der Waals surface area (Å²) in [6.07, 6.45) is -2.61. The maximum atomic E-state index is 12.5. The topological polar surface area (TPSA) is 54.4 Å². The number of hydrogen-bond acceptors (Lipinski definition) is 2. The number of carbonyl (C=O) groups excluding carboxylic acids is 1. The second-order valence-corrected chi connectivity index (χ2v) is 4.66. The fourth-order valence-corrected chi connectivity index (χ4v) is 1.51. The summed E-state index contributed by atoms with van der Waals surface area (Å²) < 4.78 is 37.6. The van der Waals surface area contributed by atoms with Crippen LogP contribution in [-0.2, 0) is 9.59 Å². The van der Waals surface area contributed by atoms with Crippen LogP contribution in [0.5, 0.6) is 0 Å². The van der Waals surface area contributed by atoms with Crippen LogP contribution < -0.4 is 0 Å². The van der Waals surface area contributed by atoms with Crippen molar-refractivity contribution in [1.82, 2.24) is 0 Å². The molecular weight excluding hydrogens is 273 g/mol. The highest BCUT2D eigenvalue weighted by atomic mass is 35.5. The molecule has 0 bridgehead atoms. The lowest BCUT2D eigenvalue weighted by atomic mass is 9.90. The van der Waals surface area contributed by atoms with Gasteiger partial charge in [0.2, 0.25) is 0 Å². The molecule has 0 aliphatic heterocycles. The number of rotatable bonds is 3. The van der Waals surface area contributed by atoms with Crippen molar-refractivity contribution >= 4 is 23.4 Å². The van der Waals surface area contributed by atoms with Gasteiger partial charge in [0.15, 0.2) is 10.7 Å². The van der Waals surface area contributed by atoms with Crippen molar-refractivity contribution in [3.63, 3.8) is 0 Å². The fraction of sp³-hybridized carbons (Fsp3) is 0.455. The minimum absolute atomic E-state index is 0.0644. The van der Waals surface area contributed by atoms with E-state index in [1.807, 2.05) is 0 Å². The first-order valence-corrected chi connectivity index (χ1v) is 5.38. The number of allylic oxidation sites excluding steroid dienone is 4. The summed E-state index contributed by atoms with van der Waals surface area (Å²) in [5.41, 5.74) is -0.0644. The second kappa shape index (κ2) is 4.76. The molecule has 0 spiro atoms. The highest BCUT2D eigenvalue weighted by Gasteiger charge is 2.52. The number of halogens is 4. The summed E-state index contributed by atoms with van der Waals surface area (Å²) in [6, 6.07) is 0. The number of alkyl halides is 4. The minimum Gasteiger partial charge on any atom is -0.481 e. The van der Waals surface area contributed by atoms with Gasteiger partial charge in [0, 0.05) is 5.57 Å². The van der Waals surface area contributed by atoms with Crippen molar-refractivity contribution in [2.24, 2.45) is 5.92 Å². The highest BCUT2D eigenvalue weighted by Crippen LogP contribution is 2.42. The normalized spacial score (nSPS) is 25.5. The van der Waals surface area contributed by atoms with Gasteiger partial charge in [0.25, 0.3) is 0 Å². The number of carboxylic acids is 1.